The minimum absolute atomic E-state index is 0.106. The Morgan fingerprint density at radius 3 is 2.92 bits per heavy atom. The van der Waals surface area contributed by atoms with E-state index >= 15 is 0 Å². The first-order valence-electron chi connectivity index (χ1n) is 3.40. The van der Waals surface area contributed by atoms with Crippen molar-refractivity contribution in [2.45, 2.75) is 6.42 Å². The summed E-state index contributed by atoms with van der Waals surface area (Å²) in [7, 11) is 1.39. The summed E-state index contributed by atoms with van der Waals surface area (Å²) >= 11 is 5.66. The van der Waals surface area contributed by atoms with E-state index in [1.54, 1.807) is 0 Å². The molecule has 0 radical (unpaired) electrons. The van der Waals surface area contributed by atoms with Crippen LogP contribution in [0.1, 0.15) is 5.56 Å². The van der Waals surface area contributed by atoms with Crippen LogP contribution in [-0.2, 0) is 11.2 Å². The maximum Gasteiger partial charge on any atom is 0.308 e. The van der Waals surface area contributed by atoms with E-state index in [-0.39, 0.29) is 17.5 Å². The molecule has 0 aliphatic rings. The van der Waals surface area contributed by atoms with E-state index in [0.29, 0.717) is 5.56 Å². The van der Waals surface area contributed by atoms with Crippen molar-refractivity contribution in [2.24, 2.45) is 0 Å². The Labute approximate surface area is 79.3 Å². The highest BCUT2D eigenvalue weighted by Crippen LogP contribution is 2.21. The first-order valence-corrected chi connectivity index (χ1v) is 3.78. The van der Waals surface area contributed by atoms with Crippen LogP contribution in [0.4, 0.5) is 0 Å². The van der Waals surface area contributed by atoms with Crippen LogP contribution >= 0.6 is 11.6 Å². The number of halogens is 1. The van der Waals surface area contributed by atoms with E-state index in [4.69, 9.17) is 21.4 Å². The van der Waals surface area contributed by atoms with Crippen molar-refractivity contribution in [2.75, 3.05) is 7.11 Å². The first kappa shape index (κ1) is 9.73. The molecular formula is C7H7ClN2O3. The van der Waals surface area contributed by atoms with Crippen LogP contribution in [0.3, 0.4) is 0 Å². The van der Waals surface area contributed by atoms with Crippen LogP contribution in [0.5, 0.6) is 5.88 Å². The summed E-state index contributed by atoms with van der Waals surface area (Å²) in [4.78, 5) is 17.8. The van der Waals surface area contributed by atoms with Crippen LogP contribution in [0.15, 0.2) is 6.33 Å². The lowest BCUT2D eigenvalue weighted by atomic mass is 10.2. The van der Waals surface area contributed by atoms with Crippen molar-refractivity contribution < 1.29 is 14.6 Å². The second kappa shape index (κ2) is 4.04. The van der Waals surface area contributed by atoms with Crippen LogP contribution < -0.4 is 4.74 Å². The highest BCUT2D eigenvalue weighted by molar-refractivity contribution is 6.30. The fraction of sp³-hybridized carbons (Fsp3) is 0.286. The van der Waals surface area contributed by atoms with Crippen molar-refractivity contribution in [3.8, 4) is 5.88 Å². The van der Waals surface area contributed by atoms with Gasteiger partial charge < -0.3 is 9.84 Å². The first-order chi connectivity index (χ1) is 6.15. The Morgan fingerprint density at radius 2 is 2.38 bits per heavy atom. The van der Waals surface area contributed by atoms with Crippen LogP contribution in [-0.4, -0.2) is 28.2 Å². The average molecular weight is 203 g/mol. The van der Waals surface area contributed by atoms with Gasteiger partial charge in [-0.3, -0.25) is 4.79 Å². The minimum atomic E-state index is -1.00. The number of hydrogen-bond acceptors (Lipinski definition) is 4. The topological polar surface area (TPSA) is 72.3 Å². The van der Waals surface area contributed by atoms with E-state index in [1.807, 2.05) is 0 Å². The maximum absolute atomic E-state index is 10.4. The fourth-order valence-electron chi connectivity index (χ4n) is 0.852. The molecule has 0 spiro atoms. The van der Waals surface area contributed by atoms with Gasteiger partial charge in [-0.1, -0.05) is 11.6 Å². The molecule has 1 N–H and O–H groups in total. The highest BCUT2D eigenvalue weighted by Gasteiger charge is 2.13. The standard InChI is InChI=1S/C7H7ClN2O3/c1-13-7-4(2-5(11)12)6(8)9-3-10-7/h3H,2H2,1H3,(H,11,12). The molecular weight excluding hydrogens is 196 g/mol. The lowest BCUT2D eigenvalue weighted by Gasteiger charge is -2.04. The van der Waals surface area contributed by atoms with E-state index in [1.165, 1.54) is 13.4 Å². The molecule has 0 aliphatic heterocycles. The molecule has 13 heavy (non-hydrogen) atoms. The summed E-state index contributed by atoms with van der Waals surface area (Å²) in [6.07, 6.45) is 0.968. The quantitative estimate of drug-likeness (QED) is 0.733. The maximum atomic E-state index is 10.4. The van der Waals surface area contributed by atoms with E-state index < -0.39 is 5.97 Å². The Balaban J connectivity index is 3.07. The van der Waals surface area contributed by atoms with Gasteiger partial charge in [-0.2, -0.15) is 0 Å². The molecule has 1 aromatic rings. The highest BCUT2D eigenvalue weighted by atomic mass is 35.5. The van der Waals surface area contributed by atoms with Gasteiger partial charge in [0.2, 0.25) is 5.88 Å². The van der Waals surface area contributed by atoms with Crippen LogP contribution in [0.25, 0.3) is 0 Å². The summed E-state index contributed by atoms with van der Waals surface area (Å²) < 4.78 is 4.83. The fourth-order valence-corrected chi connectivity index (χ4v) is 1.04. The van der Waals surface area contributed by atoms with Crippen molar-refractivity contribution >= 4 is 17.6 Å². The number of aliphatic carboxylic acids is 1. The SMILES string of the molecule is COc1ncnc(Cl)c1CC(=O)O. The van der Waals surface area contributed by atoms with Gasteiger partial charge >= 0.3 is 5.97 Å². The predicted octanol–water partition coefficient (Wildman–Crippen LogP) is 0.766. The number of nitrogens with zero attached hydrogens (tertiary/aromatic N) is 2. The third kappa shape index (κ3) is 2.29. The number of aromatic nitrogens is 2. The molecule has 1 rings (SSSR count). The van der Waals surface area contributed by atoms with Gasteiger partial charge in [-0.25, -0.2) is 9.97 Å². The molecule has 0 unspecified atom stereocenters. The third-order valence-electron chi connectivity index (χ3n) is 1.37. The van der Waals surface area contributed by atoms with E-state index in [0.717, 1.165) is 0 Å². The molecule has 0 saturated heterocycles. The monoisotopic (exact) mass is 202 g/mol. The molecule has 0 saturated carbocycles. The summed E-state index contributed by atoms with van der Waals surface area (Å²) in [5.41, 5.74) is 0.291. The van der Waals surface area contributed by atoms with Crippen LogP contribution in [0.2, 0.25) is 5.15 Å². The zero-order valence-corrected chi connectivity index (χ0v) is 7.58. The second-order valence-corrected chi connectivity index (χ2v) is 2.58. The Hall–Kier alpha value is -1.36. The number of rotatable bonds is 3. The third-order valence-corrected chi connectivity index (χ3v) is 1.70. The summed E-state index contributed by atoms with van der Waals surface area (Å²) in [5.74, 6) is -0.808. The number of methoxy groups -OCH3 is 1. The van der Waals surface area contributed by atoms with Gasteiger partial charge in [0.1, 0.15) is 11.5 Å². The van der Waals surface area contributed by atoms with Crippen LogP contribution in [0, 0.1) is 0 Å². The minimum Gasteiger partial charge on any atom is -0.481 e. The molecule has 0 atom stereocenters. The Kier molecular flexibility index (Phi) is 3.02. The summed E-state index contributed by atoms with van der Waals surface area (Å²) in [6.45, 7) is 0. The molecule has 70 valence electrons. The molecule has 0 bridgehead atoms. The molecule has 1 aromatic heterocycles. The number of carboxylic acid groups (broad SMARTS) is 1. The summed E-state index contributed by atoms with van der Waals surface area (Å²) in [5, 5.41) is 8.65. The number of carbonyl (C=O) groups is 1. The van der Waals surface area contributed by atoms with Gasteiger partial charge in [0.25, 0.3) is 0 Å². The summed E-state index contributed by atoms with van der Waals surface area (Å²) in [6, 6.07) is 0. The van der Waals surface area contributed by atoms with Crippen molar-refractivity contribution in [1.82, 2.24) is 9.97 Å². The predicted molar refractivity (Wildman–Crippen MR) is 44.9 cm³/mol. The van der Waals surface area contributed by atoms with Gasteiger partial charge in [0.05, 0.1) is 19.1 Å². The normalized spacial score (nSPS) is 9.69. The average Bonchev–Trinajstić information content (AvgIpc) is 2.08. The van der Waals surface area contributed by atoms with Gasteiger partial charge in [-0.15, -0.1) is 0 Å². The smallest absolute Gasteiger partial charge is 0.308 e. The van der Waals surface area contributed by atoms with Crippen molar-refractivity contribution in [3.63, 3.8) is 0 Å². The molecule has 0 fully saturated rings. The molecule has 0 aliphatic carbocycles. The molecule has 6 heteroatoms. The number of carboxylic acids is 1. The molecule has 5 nitrogen and oxygen atoms in total. The second-order valence-electron chi connectivity index (χ2n) is 2.22. The molecule has 1 heterocycles. The Bertz CT molecular complexity index is 330. The van der Waals surface area contributed by atoms with Gasteiger partial charge in [-0.05, 0) is 0 Å². The zero-order chi connectivity index (χ0) is 9.84. The number of ether oxygens (including phenoxy) is 1. The van der Waals surface area contributed by atoms with E-state index in [9.17, 15) is 4.79 Å². The van der Waals surface area contributed by atoms with E-state index in [2.05, 4.69) is 9.97 Å². The molecule has 0 amide bonds. The molecule has 0 aromatic carbocycles. The van der Waals surface area contributed by atoms with Crippen molar-refractivity contribution in [3.05, 3.63) is 17.0 Å². The largest absolute Gasteiger partial charge is 0.481 e. The Morgan fingerprint density at radius 1 is 1.69 bits per heavy atom. The number of hydrogen-bond donors (Lipinski definition) is 1. The van der Waals surface area contributed by atoms with Crippen molar-refractivity contribution in [1.29, 1.82) is 0 Å². The van der Waals surface area contributed by atoms with Gasteiger partial charge in [0.15, 0.2) is 0 Å². The van der Waals surface area contributed by atoms with Gasteiger partial charge in [0, 0.05) is 0 Å². The lowest BCUT2D eigenvalue weighted by molar-refractivity contribution is -0.136. The zero-order valence-electron chi connectivity index (χ0n) is 6.82. The lowest BCUT2D eigenvalue weighted by Crippen LogP contribution is -2.05.